The number of thiophene rings is 1. The van der Waals surface area contributed by atoms with Crippen LogP contribution in [0.5, 0.6) is 0 Å². The molecule has 0 bridgehead atoms. The van der Waals surface area contributed by atoms with Crippen LogP contribution in [-0.4, -0.2) is 37.0 Å². The average Bonchev–Trinajstić information content (AvgIpc) is 3.05. The van der Waals surface area contributed by atoms with Crippen LogP contribution in [0.4, 0.5) is 0 Å². The number of nitrogens with zero attached hydrogens (tertiary/aromatic N) is 3. The number of aryl methyl sites for hydroxylation is 2. The molecule has 9 heteroatoms. The Morgan fingerprint density at radius 1 is 1.43 bits per heavy atom. The SMILES string of the molecule is CNCc1scc(C)c1S(=O)(=O)NCCCn1ccnn1. The second-order valence-electron chi connectivity index (χ2n) is 4.62. The molecule has 21 heavy (non-hydrogen) atoms. The van der Waals surface area contributed by atoms with Gasteiger partial charge in [0.1, 0.15) is 4.90 Å². The summed E-state index contributed by atoms with van der Waals surface area (Å²) in [5, 5.41) is 12.4. The van der Waals surface area contributed by atoms with Gasteiger partial charge in [-0.1, -0.05) is 5.21 Å². The number of aromatic nitrogens is 3. The lowest BCUT2D eigenvalue weighted by molar-refractivity contribution is 0.541. The molecule has 0 aromatic carbocycles. The molecule has 0 aliphatic carbocycles. The highest BCUT2D eigenvalue weighted by Gasteiger charge is 2.22. The van der Waals surface area contributed by atoms with E-state index in [-0.39, 0.29) is 0 Å². The molecule has 2 N–H and O–H groups in total. The molecule has 0 aliphatic heterocycles. The molecule has 0 spiro atoms. The van der Waals surface area contributed by atoms with E-state index in [9.17, 15) is 8.42 Å². The Morgan fingerprint density at radius 2 is 2.24 bits per heavy atom. The van der Waals surface area contributed by atoms with Crippen LogP contribution < -0.4 is 10.0 Å². The number of sulfonamides is 1. The van der Waals surface area contributed by atoms with E-state index in [0.29, 0.717) is 31.0 Å². The smallest absolute Gasteiger partial charge is 0.241 e. The van der Waals surface area contributed by atoms with E-state index in [0.717, 1.165) is 10.4 Å². The zero-order valence-corrected chi connectivity index (χ0v) is 13.7. The van der Waals surface area contributed by atoms with Crippen molar-refractivity contribution in [2.45, 2.75) is 31.3 Å². The molecule has 0 atom stereocenters. The largest absolute Gasteiger partial charge is 0.315 e. The summed E-state index contributed by atoms with van der Waals surface area (Å²) in [4.78, 5) is 1.24. The summed E-state index contributed by atoms with van der Waals surface area (Å²) in [6.07, 6.45) is 4.01. The van der Waals surface area contributed by atoms with E-state index >= 15 is 0 Å². The lowest BCUT2D eigenvalue weighted by Gasteiger charge is -2.09. The molecule has 2 aromatic heterocycles. The summed E-state index contributed by atoms with van der Waals surface area (Å²) in [5.74, 6) is 0. The molecule has 116 valence electrons. The van der Waals surface area contributed by atoms with Gasteiger partial charge in [0.15, 0.2) is 0 Å². The number of rotatable bonds is 8. The van der Waals surface area contributed by atoms with Crippen molar-refractivity contribution in [1.82, 2.24) is 25.0 Å². The first kappa shape index (κ1) is 16.1. The third kappa shape index (κ3) is 4.10. The van der Waals surface area contributed by atoms with Gasteiger partial charge in [0, 0.05) is 30.7 Å². The first-order valence-electron chi connectivity index (χ1n) is 6.60. The van der Waals surface area contributed by atoms with E-state index in [4.69, 9.17) is 0 Å². The minimum absolute atomic E-state index is 0.372. The van der Waals surface area contributed by atoms with E-state index in [1.807, 2.05) is 12.3 Å². The van der Waals surface area contributed by atoms with Crippen molar-refractivity contribution in [1.29, 1.82) is 0 Å². The lowest BCUT2D eigenvalue weighted by atomic mass is 10.3. The van der Waals surface area contributed by atoms with Crippen molar-refractivity contribution in [2.75, 3.05) is 13.6 Å². The Labute approximate surface area is 128 Å². The minimum Gasteiger partial charge on any atom is -0.315 e. The van der Waals surface area contributed by atoms with Crippen LogP contribution in [0.15, 0.2) is 22.7 Å². The summed E-state index contributed by atoms with van der Waals surface area (Å²) in [5.41, 5.74) is 0.786. The van der Waals surface area contributed by atoms with Gasteiger partial charge in [-0.3, -0.25) is 4.68 Å². The Balaban J connectivity index is 1.96. The molecule has 0 aliphatic rings. The van der Waals surface area contributed by atoms with Crippen LogP contribution in [-0.2, 0) is 23.1 Å². The quantitative estimate of drug-likeness (QED) is 0.697. The maximum absolute atomic E-state index is 12.4. The molecule has 0 saturated heterocycles. The van der Waals surface area contributed by atoms with Gasteiger partial charge < -0.3 is 5.32 Å². The van der Waals surface area contributed by atoms with Crippen molar-refractivity contribution < 1.29 is 8.42 Å². The zero-order valence-electron chi connectivity index (χ0n) is 12.0. The van der Waals surface area contributed by atoms with E-state index in [1.54, 1.807) is 24.1 Å². The summed E-state index contributed by atoms with van der Waals surface area (Å²) in [7, 11) is -1.66. The molecule has 0 radical (unpaired) electrons. The average molecular weight is 329 g/mol. The summed E-state index contributed by atoms with van der Waals surface area (Å²) in [6.45, 7) is 3.37. The Kier molecular flexibility index (Phi) is 5.45. The van der Waals surface area contributed by atoms with Gasteiger partial charge in [0.05, 0.1) is 6.20 Å². The lowest BCUT2D eigenvalue weighted by Crippen LogP contribution is -2.27. The fourth-order valence-electron chi connectivity index (χ4n) is 2.00. The van der Waals surface area contributed by atoms with Gasteiger partial charge >= 0.3 is 0 Å². The maximum Gasteiger partial charge on any atom is 0.241 e. The van der Waals surface area contributed by atoms with Crippen molar-refractivity contribution in [3.05, 3.63) is 28.2 Å². The van der Waals surface area contributed by atoms with Crippen LogP contribution in [0.3, 0.4) is 0 Å². The predicted molar refractivity (Wildman–Crippen MR) is 81.6 cm³/mol. The van der Waals surface area contributed by atoms with Crippen molar-refractivity contribution in [3.8, 4) is 0 Å². The summed E-state index contributed by atoms with van der Waals surface area (Å²) < 4.78 is 29.1. The van der Waals surface area contributed by atoms with E-state index in [1.165, 1.54) is 11.3 Å². The molecule has 2 heterocycles. The zero-order chi connectivity index (χ0) is 15.3. The van der Waals surface area contributed by atoms with Crippen molar-refractivity contribution >= 4 is 21.4 Å². The topological polar surface area (TPSA) is 88.9 Å². The number of hydrogen-bond donors (Lipinski definition) is 2. The normalized spacial score (nSPS) is 11.9. The highest BCUT2D eigenvalue weighted by atomic mass is 32.2. The van der Waals surface area contributed by atoms with Crippen LogP contribution in [0, 0.1) is 6.92 Å². The van der Waals surface area contributed by atoms with E-state index in [2.05, 4.69) is 20.4 Å². The molecule has 0 unspecified atom stereocenters. The Hall–Kier alpha value is -1.29. The van der Waals surface area contributed by atoms with Gasteiger partial charge in [0.25, 0.3) is 0 Å². The minimum atomic E-state index is -3.47. The number of hydrogen-bond acceptors (Lipinski definition) is 6. The number of nitrogens with one attached hydrogen (secondary N) is 2. The first-order valence-corrected chi connectivity index (χ1v) is 8.96. The second kappa shape index (κ2) is 7.12. The van der Waals surface area contributed by atoms with Crippen LogP contribution in [0.1, 0.15) is 16.9 Å². The van der Waals surface area contributed by atoms with Crippen molar-refractivity contribution in [3.63, 3.8) is 0 Å². The van der Waals surface area contributed by atoms with Crippen molar-refractivity contribution in [2.24, 2.45) is 0 Å². The first-order chi connectivity index (χ1) is 10.0. The standard InChI is InChI=1S/C12H19N5O2S2/c1-10-9-20-11(8-13-2)12(10)21(18,19)15-4-3-6-17-7-5-14-16-17/h5,7,9,13,15H,3-4,6,8H2,1-2H3. The molecule has 0 saturated carbocycles. The Bertz CT molecular complexity index is 664. The van der Waals surface area contributed by atoms with Crippen LogP contribution in [0.25, 0.3) is 0 Å². The molecule has 7 nitrogen and oxygen atoms in total. The molecular weight excluding hydrogens is 310 g/mol. The van der Waals surface area contributed by atoms with Gasteiger partial charge in [-0.15, -0.1) is 16.4 Å². The summed E-state index contributed by atoms with van der Waals surface area (Å²) in [6, 6.07) is 0. The third-order valence-electron chi connectivity index (χ3n) is 2.92. The predicted octanol–water partition coefficient (Wildman–Crippen LogP) is 0.736. The third-order valence-corrected chi connectivity index (χ3v) is 5.85. The Morgan fingerprint density at radius 3 is 2.90 bits per heavy atom. The molecule has 2 rings (SSSR count). The fourth-order valence-corrected chi connectivity index (χ4v) is 4.90. The van der Waals surface area contributed by atoms with E-state index < -0.39 is 10.0 Å². The van der Waals surface area contributed by atoms with Crippen LogP contribution in [0.2, 0.25) is 0 Å². The van der Waals surface area contributed by atoms with Gasteiger partial charge in [-0.05, 0) is 31.3 Å². The molecular formula is C12H19N5O2S2. The van der Waals surface area contributed by atoms with Gasteiger partial charge in [-0.25, -0.2) is 13.1 Å². The maximum atomic E-state index is 12.4. The summed E-state index contributed by atoms with van der Waals surface area (Å²) >= 11 is 1.46. The molecule has 0 fully saturated rings. The fraction of sp³-hybridized carbons (Fsp3) is 0.500. The van der Waals surface area contributed by atoms with Gasteiger partial charge in [0.2, 0.25) is 10.0 Å². The second-order valence-corrected chi connectivity index (χ2v) is 7.29. The highest BCUT2D eigenvalue weighted by Crippen LogP contribution is 2.26. The van der Waals surface area contributed by atoms with Crippen LogP contribution >= 0.6 is 11.3 Å². The van der Waals surface area contributed by atoms with Gasteiger partial charge in [-0.2, -0.15) is 0 Å². The molecule has 2 aromatic rings. The monoisotopic (exact) mass is 329 g/mol. The highest BCUT2D eigenvalue weighted by molar-refractivity contribution is 7.89. The molecule has 0 amide bonds.